The van der Waals surface area contributed by atoms with Crippen molar-refractivity contribution in [3.05, 3.63) is 59.2 Å². The normalized spacial score (nSPS) is 19.2. The van der Waals surface area contributed by atoms with Gasteiger partial charge in [-0.3, -0.25) is 9.59 Å². The van der Waals surface area contributed by atoms with Crippen LogP contribution in [0.25, 0.3) is 0 Å². The highest BCUT2D eigenvalue weighted by Crippen LogP contribution is 2.50. The first-order valence-corrected chi connectivity index (χ1v) is 12.8. The molecular weight excluding hydrogens is 549 g/mol. The van der Waals surface area contributed by atoms with Gasteiger partial charge in [-0.2, -0.15) is 26.3 Å². The number of amides is 2. The van der Waals surface area contributed by atoms with Crippen molar-refractivity contribution in [3.8, 4) is 0 Å². The molecule has 1 heterocycles. The Morgan fingerprint density at radius 2 is 1.55 bits per heavy atom. The second kappa shape index (κ2) is 8.66. The van der Waals surface area contributed by atoms with Crippen molar-refractivity contribution in [2.75, 3.05) is 11.6 Å². The van der Waals surface area contributed by atoms with Crippen LogP contribution in [0.3, 0.4) is 0 Å². The SMILES string of the molecule is CS(=O)(=O)c1ccc2c(c1)CN(C(=O)C1(F)CC1)C2C(=O)Nc1ccc(C(O)(C(F)(F)F)C(F)(F)F)cc1. The number of alkyl halides is 7. The number of halogens is 7. The number of fused-ring (bicyclic) bond motifs is 1. The number of hydrogen-bond donors (Lipinski definition) is 2. The van der Waals surface area contributed by atoms with Gasteiger partial charge in [-0.15, -0.1) is 0 Å². The summed E-state index contributed by atoms with van der Waals surface area (Å²) in [5.41, 5.74) is -8.75. The van der Waals surface area contributed by atoms with Crippen molar-refractivity contribution >= 4 is 27.3 Å². The quantitative estimate of drug-likeness (QED) is 0.533. The number of anilines is 1. The molecule has 2 amide bonds. The largest absolute Gasteiger partial charge is 0.430 e. The summed E-state index contributed by atoms with van der Waals surface area (Å²) >= 11 is 0. The van der Waals surface area contributed by atoms with Crippen molar-refractivity contribution in [1.82, 2.24) is 4.90 Å². The predicted molar refractivity (Wildman–Crippen MR) is 117 cm³/mol. The first kappa shape index (κ1) is 27.8. The first-order chi connectivity index (χ1) is 17.3. The molecule has 206 valence electrons. The second-order valence-corrected chi connectivity index (χ2v) is 11.2. The highest BCUT2D eigenvalue weighted by molar-refractivity contribution is 7.90. The Bertz CT molecular complexity index is 1390. The fraction of sp³-hybridized carbons (Fsp3) is 0.391. The molecule has 1 saturated carbocycles. The zero-order chi connectivity index (χ0) is 28.5. The van der Waals surface area contributed by atoms with Crippen LogP contribution in [-0.4, -0.2) is 54.5 Å². The van der Waals surface area contributed by atoms with Crippen LogP contribution in [0.2, 0.25) is 0 Å². The topological polar surface area (TPSA) is 104 Å². The molecule has 7 nitrogen and oxygen atoms in total. The average molecular weight is 568 g/mol. The minimum absolute atomic E-state index is 0.0790. The summed E-state index contributed by atoms with van der Waals surface area (Å²) in [5.74, 6) is -1.98. The summed E-state index contributed by atoms with van der Waals surface area (Å²) in [6.07, 6.45) is -11.4. The maximum Gasteiger partial charge on any atom is 0.430 e. The molecule has 1 aliphatic carbocycles. The molecule has 0 spiro atoms. The van der Waals surface area contributed by atoms with Crippen LogP contribution in [-0.2, 0) is 31.6 Å². The third-order valence-corrected chi connectivity index (χ3v) is 7.57. The zero-order valence-corrected chi connectivity index (χ0v) is 20.1. The second-order valence-electron chi connectivity index (χ2n) is 9.21. The lowest BCUT2D eigenvalue weighted by Crippen LogP contribution is -2.53. The van der Waals surface area contributed by atoms with Crippen LogP contribution in [0.4, 0.5) is 36.4 Å². The Kier molecular flexibility index (Phi) is 6.34. The van der Waals surface area contributed by atoms with Gasteiger partial charge in [-0.25, -0.2) is 12.8 Å². The monoisotopic (exact) mass is 568 g/mol. The van der Waals surface area contributed by atoms with Gasteiger partial charge in [0.05, 0.1) is 4.90 Å². The van der Waals surface area contributed by atoms with Gasteiger partial charge in [0.25, 0.3) is 17.4 Å². The molecule has 2 aromatic rings. The smallest absolute Gasteiger partial charge is 0.369 e. The number of carbonyl (C=O) groups is 2. The summed E-state index contributed by atoms with van der Waals surface area (Å²) in [6, 6.07) is 4.30. The highest BCUT2D eigenvalue weighted by Gasteiger charge is 2.71. The third kappa shape index (κ3) is 4.61. The van der Waals surface area contributed by atoms with Gasteiger partial charge in [0.15, 0.2) is 15.5 Å². The third-order valence-electron chi connectivity index (χ3n) is 6.46. The summed E-state index contributed by atoms with van der Waals surface area (Å²) in [7, 11) is -3.66. The van der Waals surface area contributed by atoms with Gasteiger partial charge >= 0.3 is 12.4 Å². The van der Waals surface area contributed by atoms with Crippen LogP contribution in [0.1, 0.15) is 35.6 Å². The van der Waals surface area contributed by atoms with E-state index >= 15 is 0 Å². The van der Waals surface area contributed by atoms with E-state index in [1.165, 1.54) is 18.2 Å². The number of nitrogens with one attached hydrogen (secondary N) is 1. The van der Waals surface area contributed by atoms with E-state index in [1.807, 2.05) is 0 Å². The molecule has 1 unspecified atom stereocenters. The molecule has 0 saturated heterocycles. The molecular formula is C23H19F7N2O5S. The van der Waals surface area contributed by atoms with Gasteiger partial charge in [0.1, 0.15) is 6.04 Å². The summed E-state index contributed by atoms with van der Waals surface area (Å²) in [6.45, 7) is -0.301. The van der Waals surface area contributed by atoms with E-state index in [2.05, 4.69) is 5.32 Å². The van der Waals surface area contributed by atoms with Gasteiger partial charge in [0.2, 0.25) is 0 Å². The van der Waals surface area contributed by atoms with E-state index in [1.54, 1.807) is 0 Å². The van der Waals surface area contributed by atoms with E-state index in [0.29, 0.717) is 24.3 Å². The Labute approximate surface area is 211 Å². The Morgan fingerprint density at radius 1 is 1.00 bits per heavy atom. The molecule has 38 heavy (non-hydrogen) atoms. The van der Waals surface area contributed by atoms with E-state index in [-0.39, 0.29) is 41.1 Å². The standard InChI is InChI=1S/C23H19F7N2O5S/c1-38(36,37)15-6-7-16-12(10-15)11-32(19(34)20(24)8-9-20)17(16)18(33)31-14-4-2-13(3-5-14)21(35,22(25,26)27)23(28,29)30/h2-7,10,17,35H,8-9,11H2,1H3,(H,31,33). The molecule has 1 fully saturated rings. The summed E-state index contributed by atoms with van der Waals surface area (Å²) < 4.78 is 117. The molecule has 1 atom stereocenters. The lowest BCUT2D eigenvalue weighted by molar-refractivity contribution is -0.376. The molecule has 2 N–H and O–H groups in total. The molecule has 15 heteroatoms. The van der Waals surface area contributed by atoms with Crippen molar-refractivity contribution in [3.63, 3.8) is 0 Å². The number of aliphatic hydroxyl groups is 1. The number of benzene rings is 2. The predicted octanol–water partition coefficient (Wildman–Crippen LogP) is 3.93. The van der Waals surface area contributed by atoms with Gasteiger partial charge in [-0.05, 0) is 48.2 Å². The number of hydrogen-bond acceptors (Lipinski definition) is 5. The average Bonchev–Trinajstić information content (AvgIpc) is 3.43. The first-order valence-electron chi connectivity index (χ1n) is 10.9. The van der Waals surface area contributed by atoms with Crippen LogP contribution < -0.4 is 5.32 Å². The molecule has 2 aromatic carbocycles. The van der Waals surface area contributed by atoms with E-state index < -0.39 is 56.9 Å². The molecule has 0 aromatic heterocycles. The molecule has 2 aliphatic rings. The number of carbonyl (C=O) groups excluding carboxylic acids is 2. The molecule has 1 aliphatic heterocycles. The summed E-state index contributed by atoms with van der Waals surface area (Å²) in [5, 5.41) is 11.8. The maximum atomic E-state index is 14.6. The Balaban J connectivity index is 1.65. The van der Waals surface area contributed by atoms with Crippen LogP contribution in [0, 0.1) is 0 Å². The lowest BCUT2D eigenvalue weighted by atomic mass is 9.92. The molecule has 0 radical (unpaired) electrons. The van der Waals surface area contributed by atoms with Crippen LogP contribution in [0.15, 0.2) is 47.4 Å². The number of rotatable bonds is 5. The van der Waals surface area contributed by atoms with Gasteiger partial charge in [0, 0.05) is 24.1 Å². The molecule has 0 bridgehead atoms. The van der Waals surface area contributed by atoms with Crippen molar-refractivity contribution < 1.29 is 53.8 Å². The Hall–Kier alpha value is -3.20. The number of nitrogens with zero attached hydrogens (tertiary/aromatic N) is 1. The lowest BCUT2D eigenvalue weighted by Gasteiger charge is -2.32. The van der Waals surface area contributed by atoms with Gasteiger partial charge < -0.3 is 15.3 Å². The Morgan fingerprint density at radius 3 is 2.03 bits per heavy atom. The minimum atomic E-state index is -6.10. The minimum Gasteiger partial charge on any atom is -0.369 e. The van der Waals surface area contributed by atoms with Crippen LogP contribution >= 0.6 is 0 Å². The van der Waals surface area contributed by atoms with Crippen molar-refractivity contribution in [2.24, 2.45) is 0 Å². The zero-order valence-electron chi connectivity index (χ0n) is 19.3. The van der Waals surface area contributed by atoms with E-state index in [0.717, 1.165) is 11.2 Å². The van der Waals surface area contributed by atoms with Crippen molar-refractivity contribution in [2.45, 2.75) is 53.9 Å². The van der Waals surface area contributed by atoms with Gasteiger partial charge in [-0.1, -0.05) is 18.2 Å². The summed E-state index contributed by atoms with van der Waals surface area (Å²) in [4.78, 5) is 26.8. The number of sulfone groups is 1. The van der Waals surface area contributed by atoms with E-state index in [4.69, 9.17) is 0 Å². The molecule has 4 rings (SSSR count). The highest BCUT2D eigenvalue weighted by atomic mass is 32.2. The van der Waals surface area contributed by atoms with E-state index in [9.17, 15) is 53.8 Å². The fourth-order valence-electron chi connectivity index (χ4n) is 4.21. The maximum absolute atomic E-state index is 14.6. The fourth-order valence-corrected chi connectivity index (χ4v) is 4.88. The van der Waals surface area contributed by atoms with Crippen LogP contribution in [0.5, 0.6) is 0 Å². The van der Waals surface area contributed by atoms with Crippen molar-refractivity contribution in [1.29, 1.82) is 0 Å².